The highest BCUT2D eigenvalue weighted by atomic mass is 79.9. The molecule has 1 N–H and O–H groups in total. The topological polar surface area (TPSA) is 37.3 Å². The fourth-order valence-corrected chi connectivity index (χ4v) is 1.61. The third kappa shape index (κ3) is 3.98. The maximum atomic E-state index is 10.8. The average molecular weight is 285 g/mol. The Morgan fingerprint density at radius 3 is 2.80 bits per heavy atom. The van der Waals surface area contributed by atoms with E-state index in [0.29, 0.717) is 17.7 Å². The minimum Gasteiger partial charge on any atom is -0.478 e. The highest BCUT2D eigenvalue weighted by Gasteiger charge is 2.04. The Morgan fingerprint density at radius 1 is 1.47 bits per heavy atom. The first kappa shape index (κ1) is 12.2. The molecule has 2 nitrogen and oxygen atoms in total. The summed E-state index contributed by atoms with van der Waals surface area (Å²) in [6, 6.07) is 4.89. The molecule has 0 bridgehead atoms. The van der Waals surface area contributed by atoms with Crippen molar-refractivity contribution in [2.24, 2.45) is 0 Å². The highest BCUT2D eigenvalue weighted by Crippen LogP contribution is 2.15. The van der Waals surface area contributed by atoms with Crippen molar-refractivity contribution in [3.63, 3.8) is 0 Å². The zero-order valence-corrected chi connectivity index (χ0v) is 10.3. The lowest BCUT2D eigenvalue weighted by molar-refractivity contribution is 0.0697. The van der Waals surface area contributed by atoms with Crippen molar-refractivity contribution in [2.75, 3.05) is 5.75 Å². The lowest BCUT2D eigenvalue weighted by atomic mass is 10.1. The molecule has 0 aliphatic carbocycles. The van der Waals surface area contributed by atoms with Gasteiger partial charge in [0.05, 0.1) is 5.56 Å². The average Bonchev–Trinajstić information content (AvgIpc) is 2.17. The van der Waals surface area contributed by atoms with Gasteiger partial charge in [0.2, 0.25) is 0 Å². The molecule has 15 heavy (non-hydrogen) atoms. The van der Waals surface area contributed by atoms with Crippen LogP contribution in [0, 0.1) is 11.8 Å². The number of benzene rings is 1. The first-order valence-electron chi connectivity index (χ1n) is 4.27. The van der Waals surface area contributed by atoms with Crippen LogP contribution < -0.4 is 0 Å². The summed E-state index contributed by atoms with van der Waals surface area (Å²) in [4.78, 5) is 10.8. The smallest absolute Gasteiger partial charge is 0.335 e. The minimum atomic E-state index is -0.950. The van der Waals surface area contributed by atoms with Gasteiger partial charge in [-0.25, -0.2) is 4.79 Å². The van der Waals surface area contributed by atoms with Gasteiger partial charge in [0.25, 0.3) is 0 Å². The summed E-state index contributed by atoms with van der Waals surface area (Å²) in [5, 5.41) is 8.82. The predicted octanol–water partition coefficient (Wildman–Crippen LogP) is 2.82. The van der Waals surface area contributed by atoms with E-state index in [1.807, 2.05) is 0 Å². The van der Waals surface area contributed by atoms with Crippen LogP contribution in [0.1, 0.15) is 22.3 Å². The summed E-state index contributed by atoms with van der Waals surface area (Å²) >= 11 is 7.28. The summed E-state index contributed by atoms with van der Waals surface area (Å²) in [5.74, 6) is 5.54. The molecule has 4 heteroatoms. The molecule has 0 unspecified atom stereocenters. The van der Waals surface area contributed by atoms with Gasteiger partial charge in [0.1, 0.15) is 0 Å². The predicted molar refractivity (Wildman–Crippen MR) is 66.4 cm³/mol. The number of hydrogen-bond acceptors (Lipinski definition) is 2. The van der Waals surface area contributed by atoms with Crippen LogP contribution in [-0.4, -0.2) is 16.8 Å². The molecule has 0 aliphatic rings. The second-order valence-electron chi connectivity index (χ2n) is 2.81. The van der Waals surface area contributed by atoms with Crippen LogP contribution in [0.15, 0.2) is 22.7 Å². The maximum absolute atomic E-state index is 10.8. The second kappa shape index (κ2) is 5.84. The second-order valence-corrected chi connectivity index (χ2v) is 4.17. The van der Waals surface area contributed by atoms with Gasteiger partial charge in [0.15, 0.2) is 0 Å². The van der Waals surface area contributed by atoms with Gasteiger partial charge in [-0.05, 0) is 18.2 Å². The van der Waals surface area contributed by atoms with E-state index in [4.69, 9.17) is 5.11 Å². The van der Waals surface area contributed by atoms with E-state index < -0.39 is 5.97 Å². The lowest BCUT2D eigenvalue weighted by Crippen LogP contribution is -1.96. The monoisotopic (exact) mass is 284 g/mol. The van der Waals surface area contributed by atoms with E-state index in [-0.39, 0.29) is 5.56 Å². The van der Waals surface area contributed by atoms with Crippen molar-refractivity contribution in [1.29, 1.82) is 0 Å². The molecular formula is C11H9BrO2S. The molecule has 0 saturated carbocycles. The first-order valence-corrected chi connectivity index (χ1v) is 5.69. The summed E-state index contributed by atoms with van der Waals surface area (Å²) in [5.41, 5.74) is 0.933. The Kier molecular flexibility index (Phi) is 4.73. The number of aromatic carboxylic acids is 1. The normalized spacial score (nSPS) is 9.20. The largest absolute Gasteiger partial charge is 0.478 e. The summed E-state index contributed by atoms with van der Waals surface area (Å²) in [6.45, 7) is 0. The number of carboxylic acid groups (broad SMARTS) is 1. The zero-order valence-electron chi connectivity index (χ0n) is 7.83. The van der Waals surface area contributed by atoms with Crippen LogP contribution in [0.3, 0.4) is 0 Å². The third-order valence-electron chi connectivity index (χ3n) is 1.61. The molecule has 0 atom stereocenters. The summed E-state index contributed by atoms with van der Waals surface area (Å²) in [6.07, 6.45) is 0.692. The van der Waals surface area contributed by atoms with Gasteiger partial charge in [-0.2, -0.15) is 12.6 Å². The van der Waals surface area contributed by atoms with Crippen LogP contribution >= 0.6 is 28.6 Å². The van der Waals surface area contributed by atoms with E-state index in [2.05, 4.69) is 40.4 Å². The van der Waals surface area contributed by atoms with Gasteiger partial charge in [0, 0.05) is 22.2 Å². The molecule has 0 aromatic heterocycles. The zero-order chi connectivity index (χ0) is 11.3. The van der Waals surface area contributed by atoms with Crippen molar-refractivity contribution in [1.82, 2.24) is 0 Å². The number of thiol groups is 1. The Bertz CT molecular complexity index is 432. The number of rotatable bonds is 2. The summed E-state index contributed by atoms with van der Waals surface area (Å²) < 4.78 is 0.720. The standard InChI is InChI=1S/C11H9BrO2S/c12-10-6-8(3-1-2-4-15)5-9(7-10)11(13)14/h5-7,15H,2,4H2,(H,13,14). The fourth-order valence-electron chi connectivity index (χ4n) is 1.01. The summed E-state index contributed by atoms with van der Waals surface area (Å²) in [7, 11) is 0. The number of carboxylic acids is 1. The van der Waals surface area contributed by atoms with E-state index in [1.54, 1.807) is 18.2 Å². The van der Waals surface area contributed by atoms with Crippen LogP contribution in [0.4, 0.5) is 0 Å². The van der Waals surface area contributed by atoms with Crippen molar-refractivity contribution >= 4 is 34.5 Å². The Balaban J connectivity index is 3.00. The molecule has 1 aromatic carbocycles. The van der Waals surface area contributed by atoms with E-state index in [1.165, 1.54) is 0 Å². The van der Waals surface area contributed by atoms with E-state index in [0.717, 1.165) is 4.47 Å². The van der Waals surface area contributed by atoms with Crippen molar-refractivity contribution in [3.8, 4) is 11.8 Å². The maximum Gasteiger partial charge on any atom is 0.335 e. The van der Waals surface area contributed by atoms with Gasteiger partial charge >= 0.3 is 5.97 Å². The minimum absolute atomic E-state index is 0.236. The van der Waals surface area contributed by atoms with Crippen LogP contribution in [0.5, 0.6) is 0 Å². The molecule has 0 fully saturated rings. The van der Waals surface area contributed by atoms with E-state index >= 15 is 0 Å². The Morgan fingerprint density at radius 2 is 2.20 bits per heavy atom. The molecule has 78 valence electrons. The lowest BCUT2D eigenvalue weighted by Gasteiger charge is -1.97. The Hall–Kier alpha value is -0.920. The van der Waals surface area contributed by atoms with Crippen LogP contribution in [-0.2, 0) is 0 Å². The molecule has 0 amide bonds. The SMILES string of the molecule is O=C(O)c1cc(Br)cc(C#CCCS)c1. The van der Waals surface area contributed by atoms with E-state index in [9.17, 15) is 4.79 Å². The van der Waals surface area contributed by atoms with Crippen LogP contribution in [0.2, 0.25) is 0 Å². The molecule has 0 aliphatic heterocycles. The molecule has 0 saturated heterocycles. The third-order valence-corrected chi connectivity index (χ3v) is 2.30. The number of carbonyl (C=O) groups is 1. The van der Waals surface area contributed by atoms with Crippen molar-refractivity contribution in [2.45, 2.75) is 6.42 Å². The molecule has 0 heterocycles. The number of halogens is 1. The molecular weight excluding hydrogens is 276 g/mol. The Labute approximate surface area is 102 Å². The van der Waals surface area contributed by atoms with Gasteiger partial charge in [-0.1, -0.05) is 27.8 Å². The molecule has 0 radical (unpaired) electrons. The van der Waals surface area contributed by atoms with Crippen molar-refractivity contribution < 1.29 is 9.90 Å². The van der Waals surface area contributed by atoms with Crippen LogP contribution in [0.25, 0.3) is 0 Å². The van der Waals surface area contributed by atoms with Gasteiger partial charge < -0.3 is 5.11 Å². The quantitative estimate of drug-likeness (QED) is 0.647. The number of hydrogen-bond donors (Lipinski definition) is 2. The molecule has 0 spiro atoms. The van der Waals surface area contributed by atoms with Gasteiger partial charge in [-0.15, -0.1) is 0 Å². The molecule has 1 rings (SSSR count). The van der Waals surface area contributed by atoms with Crippen molar-refractivity contribution in [3.05, 3.63) is 33.8 Å². The highest BCUT2D eigenvalue weighted by molar-refractivity contribution is 9.10. The van der Waals surface area contributed by atoms with Gasteiger partial charge in [-0.3, -0.25) is 0 Å². The fraction of sp³-hybridized carbons (Fsp3) is 0.182. The first-order chi connectivity index (χ1) is 7.13. The molecule has 1 aromatic rings.